The minimum absolute atomic E-state index is 0.0210. The molecule has 0 amide bonds. The molecule has 1 aromatic carbocycles. The molecule has 0 saturated carbocycles. The average Bonchev–Trinajstić information content (AvgIpc) is 2.18. The summed E-state index contributed by atoms with van der Waals surface area (Å²) in [6, 6.07) is 3.33. The molecular formula is C11H15F2NO. The zero-order valence-electron chi connectivity index (χ0n) is 8.84. The van der Waals surface area contributed by atoms with Crippen molar-refractivity contribution in [3.8, 4) is 0 Å². The molecule has 0 spiro atoms. The van der Waals surface area contributed by atoms with E-state index in [0.717, 1.165) is 6.07 Å². The van der Waals surface area contributed by atoms with Crippen LogP contribution in [0.2, 0.25) is 0 Å². The maximum atomic E-state index is 13.3. The number of halogens is 2. The van der Waals surface area contributed by atoms with Crippen LogP contribution in [0.3, 0.4) is 0 Å². The van der Waals surface area contributed by atoms with Crippen molar-refractivity contribution in [3.05, 3.63) is 35.4 Å². The SMILES string of the molecule is CC(C)OCC(N)c1cccc(F)c1F. The van der Waals surface area contributed by atoms with E-state index in [1.807, 2.05) is 13.8 Å². The van der Waals surface area contributed by atoms with Gasteiger partial charge in [0.1, 0.15) is 0 Å². The van der Waals surface area contributed by atoms with Gasteiger partial charge in [-0.3, -0.25) is 0 Å². The lowest BCUT2D eigenvalue weighted by molar-refractivity contribution is 0.0676. The van der Waals surface area contributed by atoms with Crippen LogP contribution in [0.5, 0.6) is 0 Å². The van der Waals surface area contributed by atoms with Crippen LogP contribution in [0, 0.1) is 11.6 Å². The Kier molecular flexibility index (Phi) is 4.17. The monoisotopic (exact) mass is 215 g/mol. The van der Waals surface area contributed by atoms with Crippen molar-refractivity contribution in [3.63, 3.8) is 0 Å². The molecule has 0 radical (unpaired) electrons. The maximum Gasteiger partial charge on any atom is 0.163 e. The molecule has 0 fully saturated rings. The number of hydrogen-bond donors (Lipinski definition) is 1. The van der Waals surface area contributed by atoms with E-state index < -0.39 is 17.7 Å². The van der Waals surface area contributed by atoms with Gasteiger partial charge >= 0.3 is 0 Å². The Balaban J connectivity index is 2.73. The molecule has 0 aliphatic carbocycles. The lowest BCUT2D eigenvalue weighted by atomic mass is 10.1. The van der Waals surface area contributed by atoms with E-state index in [1.54, 1.807) is 0 Å². The summed E-state index contributed by atoms with van der Waals surface area (Å²) in [5, 5.41) is 0. The topological polar surface area (TPSA) is 35.2 Å². The predicted molar refractivity (Wildman–Crippen MR) is 54.4 cm³/mol. The Morgan fingerprint density at radius 1 is 1.33 bits per heavy atom. The van der Waals surface area contributed by atoms with Gasteiger partial charge in [-0.1, -0.05) is 12.1 Å². The van der Waals surface area contributed by atoms with Crippen LogP contribution in [0.1, 0.15) is 25.5 Å². The molecule has 84 valence electrons. The summed E-state index contributed by atoms with van der Waals surface area (Å²) in [6.45, 7) is 3.89. The van der Waals surface area contributed by atoms with Crippen molar-refractivity contribution in [1.29, 1.82) is 0 Å². The predicted octanol–water partition coefficient (Wildman–Crippen LogP) is 2.39. The van der Waals surface area contributed by atoms with Gasteiger partial charge in [0.25, 0.3) is 0 Å². The molecule has 0 saturated heterocycles. The van der Waals surface area contributed by atoms with Crippen molar-refractivity contribution < 1.29 is 13.5 Å². The number of benzene rings is 1. The largest absolute Gasteiger partial charge is 0.377 e. The van der Waals surface area contributed by atoms with E-state index in [9.17, 15) is 8.78 Å². The third-order valence-electron chi connectivity index (χ3n) is 1.99. The van der Waals surface area contributed by atoms with Gasteiger partial charge in [-0.15, -0.1) is 0 Å². The summed E-state index contributed by atoms with van der Waals surface area (Å²) in [5.41, 5.74) is 5.83. The van der Waals surface area contributed by atoms with Crippen molar-refractivity contribution >= 4 is 0 Å². The minimum Gasteiger partial charge on any atom is -0.377 e. The van der Waals surface area contributed by atoms with Gasteiger partial charge in [0, 0.05) is 5.56 Å². The molecule has 1 aromatic rings. The van der Waals surface area contributed by atoms with Crippen LogP contribution < -0.4 is 5.73 Å². The summed E-state index contributed by atoms with van der Waals surface area (Å²) < 4.78 is 31.4. The Morgan fingerprint density at radius 3 is 2.60 bits per heavy atom. The molecule has 1 atom stereocenters. The van der Waals surface area contributed by atoms with E-state index in [1.165, 1.54) is 12.1 Å². The highest BCUT2D eigenvalue weighted by Gasteiger charge is 2.14. The second-order valence-electron chi connectivity index (χ2n) is 3.63. The van der Waals surface area contributed by atoms with E-state index in [0.29, 0.717) is 0 Å². The van der Waals surface area contributed by atoms with Crippen LogP contribution in [-0.2, 0) is 4.74 Å². The normalized spacial score (nSPS) is 13.2. The quantitative estimate of drug-likeness (QED) is 0.837. The highest BCUT2D eigenvalue weighted by Crippen LogP contribution is 2.18. The third-order valence-corrected chi connectivity index (χ3v) is 1.99. The van der Waals surface area contributed by atoms with Crippen LogP contribution in [0.4, 0.5) is 8.78 Å². The van der Waals surface area contributed by atoms with Gasteiger partial charge in [-0.2, -0.15) is 0 Å². The Hall–Kier alpha value is -1.00. The van der Waals surface area contributed by atoms with E-state index in [-0.39, 0.29) is 18.3 Å². The van der Waals surface area contributed by atoms with Crippen molar-refractivity contribution in [2.24, 2.45) is 5.73 Å². The Labute approximate surface area is 88.0 Å². The van der Waals surface area contributed by atoms with E-state index >= 15 is 0 Å². The smallest absolute Gasteiger partial charge is 0.163 e. The van der Waals surface area contributed by atoms with E-state index in [4.69, 9.17) is 10.5 Å². The van der Waals surface area contributed by atoms with Gasteiger partial charge in [-0.05, 0) is 19.9 Å². The van der Waals surface area contributed by atoms with Gasteiger partial charge in [0.2, 0.25) is 0 Å². The lowest BCUT2D eigenvalue weighted by Crippen LogP contribution is -2.21. The third kappa shape index (κ3) is 3.25. The molecule has 0 aromatic heterocycles. The first kappa shape index (κ1) is 12.1. The summed E-state index contributed by atoms with van der Waals surface area (Å²) >= 11 is 0. The molecule has 0 heterocycles. The summed E-state index contributed by atoms with van der Waals surface area (Å²) in [4.78, 5) is 0. The molecule has 0 aliphatic rings. The fraction of sp³-hybridized carbons (Fsp3) is 0.455. The molecule has 4 heteroatoms. The molecule has 0 aliphatic heterocycles. The number of hydrogen-bond acceptors (Lipinski definition) is 2. The van der Waals surface area contributed by atoms with Gasteiger partial charge in [-0.25, -0.2) is 8.78 Å². The molecule has 2 N–H and O–H groups in total. The summed E-state index contributed by atoms with van der Waals surface area (Å²) in [5.74, 6) is -1.77. The van der Waals surface area contributed by atoms with Crippen molar-refractivity contribution in [1.82, 2.24) is 0 Å². The van der Waals surface area contributed by atoms with Gasteiger partial charge in [0.05, 0.1) is 18.8 Å². The molecule has 1 unspecified atom stereocenters. The fourth-order valence-electron chi connectivity index (χ4n) is 1.19. The van der Waals surface area contributed by atoms with Crippen LogP contribution in [0.25, 0.3) is 0 Å². The number of ether oxygens (including phenoxy) is 1. The minimum atomic E-state index is -0.891. The summed E-state index contributed by atoms with van der Waals surface area (Å²) in [6.07, 6.45) is 0.0210. The Morgan fingerprint density at radius 2 is 2.00 bits per heavy atom. The van der Waals surface area contributed by atoms with E-state index in [2.05, 4.69) is 0 Å². The maximum absolute atomic E-state index is 13.3. The highest BCUT2D eigenvalue weighted by atomic mass is 19.2. The van der Waals surface area contributed by atoms with Crippen molar-refractivity contribution in [2.75, 3.05) is 6.61 Å². The number of rotatable bonds is 4. The fourth-order valence-corrected chi connectivity index (χ4v) is 1.19. The summed E-state index contributed by atoms with van der Waals surface area (Å²) in [7, 11) is 0. The molecular weight excluding hydrogens is 200 g/mol. The van der Waals surface area contributed by atoms with Gasteiger partial charge in [0.15, 0.2) is 11.6 Å². The first-order chi connectivity index (χ1) is 7.02. The van der Waals surface area contributed by atoms with Crippen molar-refractivity contribution in [2.45, 2.75) is 26.0 Å². The molecule has 2 nitrogen and oxygen atoms in total. The molecule has 0 bridgehead atoms. The standard InChI is InChI=1S/C11H15F2NO/c1-7(2)15-6-10(14)8-4-3-5-9(12)11(8)13/h3-5,7,10H,6,14H2,1-2H3. The van der Waals surface area contributed by atoms with Crippen LogP contribution >= 0.6 is 0 Å². The molecule has 1 rings (SSSR count). The second-order valence-corrected chi connectivity index (χ2v) is 3.63. The molecule has 15 heavy (non-hydrogen) atoms. The first-order valence-corrected chi connectivity index (χ1v) is 4.83. The zero-order chi connectivity index (χ0) is 11.4. The second kappa shape index (κ2) is 5.19. The zero-order valence-corrected chi connectivity index (χ0v) is 8.84. The highest BCUT2D eigenvalue weighted by molar-refractivity contribution is 5.22. The number of nitrogens with two attached hydrogens (primary N) is 1. The average molecular weight is 215 g/mol. The first-order valence-electron chi connectivity index (χ1n) is 4.83. The Bertz CT molecular complexity index is 328. The lowest BCUT2D eigenvalue weighted by Gasteiger charge is -2.15. The van der Waals surface area contributed by atoms with Crippen LogP contribution in [-0.4, -0.2) is 12.7 Å². The van der Waals surface area contributed by atoms with Gasteiger partial charge < -0.3 is 10.5 Å². The van der Waals surface area contributed by atoms with Crippen LogP contribution in [0.15, 0.2) is 18.2 Å².